The summed E-state index contributed by atoms with van der Waals surface area (Å²) >= 11 is 5.80. The molecule has 0 aliphatic rings. The first-order valence-electron chi connectivity index (χ1n) is 6.12. The Bertz CT molecular complexity index is 420. The van der Waals surface area contributed by atoms with Crippen molar-refractivity contribution in [3.05, 3.63) is 17.5 Å². The molecule has 1 N–H and O–H groups in total. The van der Waals surface area contributed by atoms with Crippen LogP contribution in [0.3, 0.4) is 0 Å². The van der Waals surface area contributed by atoms with Crippen LogP contribution in [0.1, 0.15) is 43.2 Å². The lowest BCUT2D eigenvalue weighted by Gasteiger charge is -2.31. The number of rotatable bonds is 4. The van der Waals surface area contributed by atoms with Crippen molar-refractivity contribution in [3.63, 3.8) is 0 Å². The molecule has 0 aliphatic heterocycles. The summed E-state index contributed by atoms with van der Waals surface area (Å²) in [5, 5.41) is 7.23. The van der Waals surface area contributed by atoms with E-state index >= 15 is 0 Å². The number of nitrogens with zero attached hydrogens (tertiary/aromatic N) is 2. The fourth-order valence-corrected chi connectivity index (χ4v) is 2.11. The van der Waals surface area contributed by atoms with Crippen LogP contribution in [-0.4, -0.2) is 27.6 Å². The van der Waals surface area contributed by atoms with Crippen molar-refractivity contribution in [2.24, 2.45) is 12.5 Å². The van der Waals surface area contributed by atoms with E-state index in [-0.39, 0.29) is 17.4 Å². The summed E-state index contributed by atoms with van der Waals surface area (Å²) < 4.78 is 1.65. The standard InChI is InChI=1S/C13H22ClN3O/c1-9-10(8-17(5)16-9)12(18)15-11(6-7-14)13(2,3)4/h8,11H,6-7H2,1-5H3,(H,15,18). The molecule has 18 heavy (non-hydrogen) atoms. The van der Waals surface area contributed by atoms with Gasteiger partial charge in [-0.15, -0.1) is 11.6 Å². The molecule has 1 amide bonds. The van der Waals surface area contributed by atoms with E-state index in [1.165, 1.54) is 0 Å². The van der Waals surface area contributed by atoms with Gasteiger partial charge in [0.1, 0.15) is 0 Å². The molecule has 1 aromatic heterocycles. The summed E-state index contributed by atoms with van der Waals surface area (Å²) in [5.41, 5.74) is 1.36. The minimum Gasteiger partial charge on any atom is -0.349 e. The molecule has 0 radical (unpaired) electrons. The molecule has 0 spiro atoms. The van der Waals surface area contributed by atoms with Crippen LogP contribution >= 0.6 is 11.6 Å². The molecule has 0 saturated carbocycles. The number of carbonyl (C=O) groups excluding carboxylic acids is 1. The van der Waals surface area contributed by atoms with Crippen LogP contribution in [0.4, 0.5) is 0 Å². The van der Waals surface area contributed by atoms with Gasteiger partial charge in [-0.1, -0.05) is 20.8 Å². The molecule has 1 atom stereocenters. The van der Waals surface area contributed by atoms with Crippen molar-refractivity contribution in [2.75, 3.05) is 5.88 Å². The number of hydrogen-bond donors (Lipinski definition) is 1. The average molecular weight is 272 g/mol. The molecule has 1 unspecified atom stereocenters. The highest BCUT2D eigenvalue weighted by atomic mass is 35.5. The van der Waals surface area contributed by atoms with E-state index in [1.54, 1.807) is 10.9 Å². The molecule has 0 aliphatic carbocycles. The van der Waals surface area contributed by atoms with Gasteiger partial charge in [0.25, 0.3) is 5.91 Å². The molecular formula is C13H22ClN3O. The number of halogens is 1. The van der Waals surface area contributed by atoms with Crippen molar-refractivity contribution in [1.29, 1.82) is 0 Å². The van der Waals surface area contributed by atoms with Gasteiger partial charge >= 0.3 is 0 Å². The third-order valence-corrected chi connectivity index (χ3v) is 3.22. The monoisotopic (exact) mass is 271 g/mol. The van der Waals surface area contributed by atoms with Crippen LogP contribution < -0.4 is 5.32 Å². The number of alkyl halides is 1. The topological polar surface area (TPSA) is 46.9 Å². The Hall–Kier alpha value is -1.03. The van der Waals surface area contributed by atoms with Crippen molar-refractivity contribution < 1.29 is 4.79 Å². The van der Waals surface area contributed by atoms with E-state index in [1.807, 2.05) is 14.0 Å². The Morgan fingerprint density at radius 3 is 2.56 bits per heavy atom. The third-order valence-electron chi connectivity index (χ3n) is 3.01. The van der Waals surface area contributed by atoms with Gasteiger partial charge < -0.3 is 5.32 Å². The molecule has 0 bridgehead atoms. The van der Waals surface area contributed by atoms with E-state index in [4.69, 9.17) is 11.6 Å². The summed E-state index contributed by atoms with van der Waals surface area (Å²) in [6.45, 7) is 8.13. The van der Waals surface area contributed by atoms with E-state index in [9.17, 15) is 4.79 Å². The maximum atomic E-state index is 12.2. The minimum absolute atomic E-state index is 0.0132. The second-order valence-corrected chi connectivity index (χ2v) is 6.05. The van der Waals surface area contributed by atoms with Crippen molar-refractivity contribution in [2.45, 2.75) is 40.2 Å². The average Bonchev–Trinajstić information content (AvgIpc) is 2.55. The number of aryl methyl sites for hydroxylation is 2. The molecule has 5 heteroatoms. The van der Waals surface area contributed by atoms with Gasteiger partial charge in [-0.3, -0.25) is 9.48 Å². The van der Waals surface area contributed by atoms with Crippen LogP contribution in [0.25, 0.3) is 0 Å². The van der Waals surface area contributed by atoms with Crippen molar-refractivity contribution in [3.8, 4) is 0 Å². The van der Waals surface area contributed by atoms with Gasteiger partial charge in [0.2, 0.25) is 0 Å². The van der Waals surface area contributed by atoms with Crippen LogP contribution in [0.15, 0.2) is 6.20 Å². The summed E-state index contributed by atoms with van der Waals surface area (Å²) in [5.74, 6) is 0.458. The highest BCUT2D eigenvalue weighted by Gasteiger charge is 2.26. The Morgan fingerprint density at radius 2 is 2.17 bits per heavy atom. The van der Waals surface area contributed by atoms with Crippen LogP contribution in [0.5, 0.6) is 0 Å². The molecule has 0 fully saturated rings. The first kappa shape index (κ1) is 15.0. The first-order chi connectivity index (χ1) is 8.25. The molecule has 0 saturated heterocycles. The Labute approximate surface area is 114 Å². The van der Waals surface area contributed by atoms with Gasteiger partial charge in [-0.05, 0) is 18.8 Å². The zero-order chi connectivity index (χ0) is 13.9. The largest absolute Gasteiger partial charge is 0.349 e. The maximum Gasteiger partial charge on any atom is 0.254 e. The smallest absolute Gasteiger partial charge is 0.254 e. The maximum absolute atomic E-state index is 12.2. The predicted molar refractivity (Wildman–Crippen MR) is 74.0 cm³/mol. The number of hydrogen-bond acceptors (Lipinski definition) is 2. The van der Waals surface area contributed by atoms with Crippen LogP contribution in [0.2, 0.25) is 0 Å². The number of carbonyl (C=O) groups is 1. The predicted octanol–water partition coefficient (Wildman–Crippen LogP) is 2.50. The highest BCUT2D eigenvalue weighted by Crippen LogP contribution is 2.22. The van der Waals surface area contributed by atoms with Gasteiger partial charge in [0, 0.05) is 25.2 Å². The second-order valence-electron chi connectivity index (χ2n) is 5.67. The molecule has 102 valence electrons. The number of amides is 1. The Morgan fingerprint density at radius 1 is 1.56 bits per heavy atom. The zero-order valence-electron chi connectivity index (χ0n) is 11.7. The molecule has 4 nitrogen and oxygen atoms in total. The molecule has 1 aromatic rings. The van der Waals surface area contributed by atoms with Gasteiger partial charge in [-0.25, -0.2) is 0 Å². The Kier molecular flexibility index (Phi) is 4.79. The lowest BCUT2D eigenvalue weighted by Crippen LogP contribution is -2.44. The highest BCUT2D eigenvalue weighted by molar-refractivity contribution is 6.17. The molecule has 1 heterocycles. The van der Waals surface area contributed by atoms with Gasteiger partial charge in [0.15, 0.2) is 0 Å². The minimum atomic E-state index is -0.0781. The van der Waals surface area contributed by atoms with Crippen LogP contribution in [-0.2, 0) is 7.05 Å². The summed E-state index contributed by atoms with van der Waals surface area (Å²) in [6.07, 6.45) is 2.50. The fourth-order valence-electron chi connectivity index (χ4n) is 1.89. The second kappa shape index (κ2) is 5.74. The number of aromatic nitrogens is 2. The van der Waals surface area contributed by atoms with E-state index < -0.39 is 0 Å². The van der Waals surface area contributed by atoms with E-state index in [2.05, 4.69) is 31.2 Å². The third kappa shape index (κ3) is 3.73. The summed E-state index contributed by atoms with van der Waals surface area (Å²) in [4.78, 5) is 12.2. The van der Waals surface area contributed by atoms with Crippen molar-refractivity contribution >= 4 is 17.5 Å². The SMILES string of the molecule is Cc1nn(C)cc1C(=O)NC(CCCl)C(C)(C)C. The fraction of sp³-hybridized carbons (Fsp3) is 0.692. The lowest BCUT2D eigenvalue weighted by molar-refractivity contribution is 0.0900. The molecular weight excluding hydrogens is 250 g/mol. The molecule has 1 rings (SSSR count). The van der Waals surface area contributed by atoms with E-state index in [0.717, 1.165) is 12.1 Å². The Balaban J connectivity index is 2.82. The normalized spacial score (nSPS) is 13.4. The lowest BCUT2D eigenvalue weighted by atomic mass is 9.85. The van der Waals surface area contributed by atoms with Gasteiger partial charge in [0.05, 0.1) is 11.3 Å². The summed E-state index contributed by atoms with van der Waals surface area (Å²) in [7, 11) is 1.81. The first-order valence-corrected chi connectivity index (χ1v) is 6.66. The molecule has 0 aromatic carbocycles. The zero-order valence-corrected chi connectivity index (χ0v) is 12.5. The van der Waals surface area contributed by atoms with E-state index in [0.29, 0.717) is 11.4 Å². The summed E-state index contributed by atoms with van der Waals surface area (Å²) in [6, 6.07) is 0.0575. The van der Waals surface area contributed by atoms with Crippen molar-refractivity contribution in [1.82, 2.24) is 15.1 Å². The quantitative estimate of drug-likeness (QED) is 0.856. The number of nitrogens with one attached hydrogen (secondary N) is 1. The van der Waals surface area contributed by atoms with Gasteiger partial charge in [-0.2, -0.15) is 5.10 Å². The van der Waals surface area contributed by atoms with Crippen LogP contribution in [0, 0.1) is 12.3 Å².